The molecule has 0 saturated heterocycles. The zero-order chi connectivity index (χ0) is 19.8. The molecule has 0 aliphatic heterocycles. The van der Waals surface area contributed by atoms with E-state index in [0.29, 0.717) is 28.9 Å². The SMILES string of the molecule is CCCCNC(=O)CSc1nnc(Cc2ccccc2)n1-c1ccc(Cl)cc1. The number of unbranched alkanes of at least 4 members (excludes halogenated alkanes) is 1. The van der Waals surface area contributed by atoms with Crippen molar-refractivity contribution in [1.82, 2.24) is 20.1 Å². The van der Waals surface area contributed by atoms with Crippen LogP contribution in [0.4, 0.5) is 0 Å². The average Bonchev–Trinajstić information content (AvgIpc) is 3.10. The van der Waals surface area contributed by atoms with Gasteiger partial charge in [-0.05, 0) is 36.2 Å². The second-order valence-corrected chi connectivity index (χ2v) is 7.74. The summed E-state index contributed by atoms with van der Waals surface area (Å²) in [5, 5.41) is 13.0. The fraction of sp³-hybridized carbons (Fsp3) is 0.286. The first kappa shape index (κ1) is 20.4. The topological polar surface area (TPSA) is 59.8 Å². The van der Waals surface area contributed by atoms with Gasteiger partial charge in [-0.2, -0.15) is 0 Å². The highest BCUT2D eigenvalue weighted by Gasteiger charge is 2.16. The van der Waals surface area contributed by atoms with Crippen LogP contribution in [0.3, 0.4) is 0 Å². The molecule has 0 unspecified atom stereocenters. The molecule has 0 fully saturated rings. The van der Waals surface area contributed by atoms with Crippen LogP contribution in [0, 0.1) is 0 Å². The molecule has 0 atom stereocenters. The van der Waals surface area contributed by atoms with E-state index < -0.39 is 0 Å². The molecule has 0 spiro atoms. The quantitative estimate of drug-likeness (QED) is 0.413. The number of hydrogen-bond acceptors (Lipinski definition) is 4. The third-order valence-electron chi connectivity index (χ3n) is 4.18. The first-order valence-electron chi connectivity index (χ1n) is 9.31. The fourth-order valence-electron chi connectivity index (χ4n) is 2.72. The number of amides is 1. The minimum Gasteiger partial charge on any atom is -0.355 e. The van der Waals surface area contributed by atoms with Gasteiger partial charge in [-0.15, -0.1) is 10.2 Å². The van der Waals surface area contributed by atoms with Crippen molar-refractivity contribution < 1.29 is 4.79 Å². The number of halogens is 1. The maximum absolute atomic E-state index is 12.1. The van der Waals surface area contributed by atoms with Crippen molar-refractivity contribution in [3.63, 3.8) is 0 Å². The molecule has 0 bridgehead atoms. The maximum atomic E-state index is 12.1. The summed E-state index contributed by atoms with van der Waals surface area (Å²) in [7, 11) is 0. The molecule has 3 aromatic rings. The van der Waals surface area contributed by atoms with Gasteiger partial charge in [-0.1, -0.05) is 67.0 Å². The summed E-state index contributed by atoms with van der Waals surface area (Å²) >= 11 is 7.43. The van der Waals surface area contributed by atoms with Crippen LogP contribution in [0.2, 0.25) is 5.02 Å². The van der Waals surface area contributed by atoms with Gasteiger partial charge in [-0.3, -0.25) is 9.36 Å². The van der Waals surface area contributed by atoms with Crippen molar-refractivity contribution >= 4 is 29.3 Å². The number of thioether (sulfide) groups is 1. The van der Waals surface area contributed by atoms with Crippen LogP contribution >= 0.6 is 23.4 Å². The van der Waals surface area contributed by atoms with Crippen molar-refractivity contribution in [2.45, 2.75) is 31.3 Å². The number of aromatic nitrogens is 3. The van der Waals surface area contributed by atoms with Crippen molar-refractivity contribution in [2.24, 2.45) is 0 Å². The van der Waals surface area contributed by atoms with Gasteiger partial charge >= 0.3 is 0 Å². The molecule has 2 aromatic carbocycles. The Morgan fingerprint density at radius 2 is 1.86 bits per heavy atom. The summed E-state index contributed by atoms with van der Waals surface area (Å²) in [4.78, 5) is 12.1. The average molecular weight is 415 g/mol. The highest BCUT2D eigenvalue weighted by molar-refractivity contribution is 7.99. The van der Waals surface area contributed by atoms with E-state index in [1.165, 1.54) is 11.8 Å². The van der Waals surface area contributed by atoms with Crippen LogP contribution in [0.25, 0.3) is 5.69 Å². The number of carbonyl (C=O) groups is 1. The molecule has 7 heteroatoms. The number of nitrogens with one attached hydrogen (secondary N) is 1. The summed E-state index contributed by atoms with van der Waals surface area (Å²) in [6.07, 6.45) is 2.69. The van der Waals surface area contributed by atoms with Gasteiger partial charge in [0, 0.05) is 23.7 Å². The Bertz CT molecular complexity index is 897. The van der Waals surface area contributed by atoms with E-state index in [-0.39, 0.29) is 5.91 Å². The Morgan fingerprint density at radius 1 is 1.11 bits per heavy atom. The second kappa shape index (κ2) is 10.3. The monoisotopic (exact) mass is 414 g/mol. The lowest BCUT2D eigenvalue weighted by Gasteiger charge is -2.11. The molecule has 1 amide bonds. The lowest BCUT2D eigenvalue weighted by Crippen LogP contribution is -2.26. The Hall–Kier alpha value is -2.31. The molecule has 0 aliphatic rings. The van der Waals surface area contributed by atoms with Gasteiger partial charge in [-0.25, -0.2) is 0 Å². The molecule has 0 saturated carbocycles. The molecule has 5 nitrogen and oxygen atoms in total. The van der Waals surface area contributed by atoms with Crippen LogP contribution in [0.5, 0.6) is 0 Å². The summed E-state index contributed by atoms with van der Waals surface area (Å²) in [5.41, 5.74) is 2.08. The van der Waals surface area contributed by atoms with Gasteiger partial charge < -0.3 is 5.32 Å². The standard InChI is InChI=1S/C21H23ClN4OS/c1-2-3-13-23-20(27)15-28-21-25-24-19(14-16-7-5-4-6-8-16)26(21)18-11-9-17(22)10-12-18/h4-12H,2-3,13-15H2,1H3,(H,23,27). The van der Waals surface area contributed by atoms with Crippen molar-refractivity contribution in [3.8, 4) is 5.69 Å². The predicted octanol–water partition coefficient (Wildman–Crippen LogP) is 4.52. The van der Waals surface area contributed by atoms with Crippen LogP contribution < -0.4 is 5.32 Å². The van der Waals surface area contributed by atoms with Crippen LogP contribution in [-0.4, -0.2) is 33.0 Å². The van der Waals surface area contributed by atoms with Crippen molar-refractivity contribution in [1.29, 1.82) is 0 Å². The molecule has 0 radical (unpaired) electrons. The Labute approximate surface area is 174 Å². The number of hydrogen-bond donors (Lipinski definition) is 1. The van der Waals surface area contributed by atoms with Gasteiger partial charge in [0.2, 0.25) is 5.91 Å². The zero-order valence-electron chi connectivity index (χ0n) is 15.8. The maximum Gasteiger partial charge on any atom is 0.230 e. The highest BCUT2D eigenvalue weighted by atomic mass is 35.5. The molecule has 146 valence electrons. The van der Waals surface area contributed by atoms with Crippen LogP contribution in [0.1, 0.15) is 31.2 Å². The molecule has 1 N–H and O–H groups in total. The van der Waals surface area contributed by atoms with Crippen molar-refractivity contribution in [3.05, 3.63) is 71.0 Å². The lowest BCUT2D eigenvalue weighted by atomic mass is 10.1. The van der Waals surface area contributed by atoms with Gasteiger partial charge in [0.05, 0.1) is 5.75 Å². The van der Waals surface area contributed by atoms with E-state index in [1.54, 1.807) is 0 Å². The number of rotatable bonds is 9. The smallest absolute Gasteiger partial charge is 0.230 e. The summed E-state index contributed by atoms with van der Waals surface area (Å²) in [6.45, 7) is 2.81. The van der Waals surface area contributed by atoms with E-state index in [2.05, 4.69) is 34.6 Å². The molecule has 0 aliphatic carbocycles. The molecule has 1 heterocycles. The van der Waals surface area contributed by atoms with E-state index >= 15 is 0 Å². The predicted molar refractivity (Wildman–Crippen MR) is 114 cm³/mol. The second-order valence-electron chi connectivity index (χ2n) is 6.37. The Morgan fingerprint density at radius 3 is 2.57 bits per heavy atom. The summed E-state index contributed by atoms with van der Waals surface area (Å²) < 4.78 is 1.99. The summed E-state index contributed by atoms with van der Waals surface area (Å²) in [5.74, 6) is 1.14. The largest absolute Gasteiger partial charge is 0.355 e. The fourth-order valence-corrected chi connectivity index (χ4v) is 3.65. The van der Waals surface area contributed by atoms with E-state index in [4.69, 9.17) is 11.6 Å². The van der Waals surface area contributed by atoms with Gasteiger partial charge in [0.25, 0.3) is 0 Å². The lowest BCUT2D eigenvalue weighted by molar-refractivity contribution is -0.118. The Balaban J connectivity index is 1.81. The molecule has 3 rings (SSSR count). The normalized spacial score (nSPS) is 10.8. The van der Waals surface area contributed by atoms with E-state index in [1.807, 2.05) is 47.0 Å². The van der Waals surface area contributed by atoms with Crippen molar-refractivity contribution in [2.75, 3.05) is 12.3 Å². The van der Waals surface area contributed by atoms with Gasteiger partial charge in [0.15, 0.2) is 5.16 Å². The van der Waals surface area contributed by atoms with Crippen LogP contribution in [-0.2, 0) is 11.2 Å². The molecular formula is C21H23ClN4OS. The number of nitrogens with zero attached hydrogens (tertiary/aromatic N) is 3. The van der Waals surface area contributed by atoms with E-state index in [9.17, 15) is 4.79 Å². The first-order valence-corrected chi connectivity index (χ1v) is 10.7. The van der Waals surface area contributed by atoms with E-state index in [0.717, 1.165) is 29.9 Å². The third kappa shape index (κ3) is 5.59. The molecular weight excluding hydrogens is 392 g/mol. The number of benzene rings is 2. The minimum absolute atomic E-state index is 0.00807. The van der Waals surface area contributed by atoms with Gasteiger partial charge in [0.1, 0.15) is 5.82 Å². The number of carbonyl (C=O) groups excluding carboxylic acids is 1. The zero-order valence-corrected chi connectivity index (χ0v) is 17.3. The van der Waals surface area contributed by atoms with Crippen LogP contribution in [0.15, 0.2) is 59.8 Å². The first-order chi connectivity index (χ1) is 13.7. The summed E-state index contributed by atoms with van der Waals surface area (Å²) in [6, 6.07) is 17.7. The minimum atomic E-state index is 0.00807. The molecule has 1 aromatic heterocycles. The third-order valence-corrected chi connectivity index (χ3v) is 5.36. The highest BCUT2D eigenvalue weighted by Crippen LogP contribution is 2.24. The molecule has 28 heavy (non-hydrogen) atoms. The Kier molecular flexibility index (Phi) is 7.51.